The zero-order valence-electron chi connectivity index (χ0n) is 15.9. The van der Waals surface area contributed by atoms with Crippen LogP contribution in [0.5, 0.6) is 0 Å². The van der Waals surface area contributed by atoms with Crippen molar-refractivity contribution in [2.75, 3.05) is 37.6 Å². The normalized spacial score (nSPS) is 20.5. The van der Waals surface area contributed by atoms with Crippen molar-refractivity contribution < 1.29 is 14.4 Å². The summed E-state index contributed by atoms with van der Waals surface area (Å²) in [4.78, 5) is 42.7. The average molecular weight is 392 g/mol. The summed E-state index contributed by atoms with van der Waals surface area (Å²) < 4.78 is 0. The third-order valence-corrected chi connectivity index (χ3v) is 5.36. The lowest BCUT2D eigenvalue weighted by molar-refractivity contribution is -0.142. The smallest absolute Gasteiger partial charge is 0.228 e. The molecule has 2 fully saturated rings. The Morgan fingerprint density at radius 2 is 1.81 bits per heavy atom. The first-order valence-electron chi connectivity index (χ1n) is 9.47. The largest absolute Gasteiger partial charge is 0.339 e. The number of halogens is 1. The number of hydrogen-bond acceptors (Lipinski definition) is 3. The molecule has 2 aliphatic heterocycles. The lowest BCUT2D eigenvalue weighted by atomic mass is 10.1. The molecule has 0 aromatic heterocycles. The van der Waals surface area contributed by atoms with Gasteiger partial charge in [0.1, 0.15) is 0 Å². The maximum absolute atomic E-state index is 12.9. The number of carbonyl (C=O) groups is 3. The Labute approximate surface area is 165 Å². The fraction of sp³-hybridized carbons (Fsp3) is 0.550. The minimum absolute atomic E-state index is 0.00355. The molecule has 6 nitrogen and oxygen atoms in total. The van der Waals surface area contributed by atoms with E-state index in [-0.39, 0.29) is 30.1 Å². The molecule has 27 heavy (non-hydrogen) atoms. The lowest BCUT2D eigenvalue weighted by Crippen LogP contribution is -2.52. The fourth-order valence-corrected chi connectivity index (χ4v) is 3.86. The molecule has 3 amide bonds. The number of piperazine rings is 1. The zero-order chi connectivity index (χ0) is 19.6. The summed E-state index contributed by atoms with van der Waals surface area (Å²) in [6.45, 7) is 6.63. The van der Waals surface area contributed by atoms with Gasteiger partial charge in [-0.2, -0.15) is 0 Å². The van der Waals surface area contributed by atoms with Crippen LogP contribution in [0.1, 0.15) is 26.7 Å². The molecule has 0 spiro atoms. The van der Waals surface area contributed by atoms with Crippen molar-refractivity contribution >= 4 is 35.0 Å². The van der Waals surface area contributed by atoms with Crippen LogP contribution in [0.2, 0.25) is 5.02 Å². The Hall–Kier alpha value is -2.08. The Morgan fingerprint density at radius 3 is 2.44 bits per heavy atom. The summed E-state index contributed by atoms with van der Waals surface area (Å²) in [6, 6.07) is 7.13. The summed E-state index contributed by atoms with van der Waals surface area (Å²) in [5.74, 6) is 0.0963. The predicted molar refractivity (Wildman–Crippen MR) is 105 cm³/mol. The number of hydrogen-bond donors (Lipinski definition) is 0. The second-order valence-electron chi connectivity index (χ2n) is 7.69. The molecule has 0 aliphatic carbocycles. The van der Waals surface area contributed by atoms with Crippen LogP contribution in [0, 0.1) is 11.8 Å². The zero-order valence-corrected chi connectivity index (χ0v) is 16.6. The molecule has 146 valence electrons. The van der Waals surface area contributed by atoms with Gasteiger partial charge < -0.3 is 14.7 Å². The monoisotopic (exact) mass is 391 g/mol. The predicted octanol–water partition coefficient (Wildman–Crippen LogP) is 2.41. The van der Waals surface area contributed by atoms with Crippen LogP contribution >= 0.6 is 11.6 Å². The molecule has 0 radical (unpaired) electrons. The van der Waals surface area contributed by atoms with Gasteiger partial charge in [-0.25, -0.2) is 0 Å². The van der Waals surface area contributed by atoms with E-state index in [0.717, 1.165) is 5.69 Å². The second kappa shape index (κ2) is 8.30. The van der Waals surface area contributed by atoms with Gasteiger partial charge in [-0.05, 0) is 24.1 Å². The van der Waals surface area contributed by atoms with Gasteiger partial charge in [0.05, 0.1) is 5.92 Å². The minimum atomic E-state index is -0.339. The van der Waals surface area contributed by atoms with Crippen molar-refractivity contribution in [1.82, 2.24) is 9.80 Å². The molecule has 2 heterocycles. The minimum Gasteiger partial charge on any atom is -0.339 e. The lowest BCUT2D eigenvalue weighted by Gasteiger charge is -2.36. The summed E-state index contributed by atoms with van der Waals surface area (Å²) in [5, 5.41) is 0.567. The molecule has 0 unspecified atom stereocenters. The number of nitrogens with zero attached hydrogens (tertiary/aromatic N) is 3. The van der Waals surface area contributed by atoms with Crippen molar-refractivity contribution in [2.24, 2.45) is 11.8 Å². The first-order chi connectivity index (χ1) is 12.8. The van der Waals surface area contributed by atoms with E-state index in [1.54, 1.807) is 28.0 Å². The molecule has 1 atom stereocenters. The molecule has 2 aliphatic rings. The third-order valence-electron chi connectivity index (χ3n) is 5.12. The Kier molecular flexibility index (Phi) is 6.05. The van der Waals surface area contributed by atoms with Crippen LogP contribution in [-0.2, 0) is 14.4 Å². The summed E-state index contributed by atoms with van der Waals surface area (Å²) >= 11 is 6.02. The van der Waals surface area contributed by atoms with Crippen molar-refractivity contribution in [1.29, 1.82) is 0 Å². The number of rotatable bonds is 4. The van der Waals surface area contributed by atoms with Gasteiger partial charge in [-0.3, -0.25) is 14.4 Å². The Morgan fingerprint density at radius 1 is 1.15 bits per heavy atom. The Bertz CT molecular complexity index is 729. The first kappa shape index (κ1) is 19.7. The van der Waals surface area contributed by atoms with Crippen LogP contribution in [0.3, 0.4) is 0 Å². The van der Waals surface area contributed by atoms with Crippen molar-refractivity contribution in [2.45, 2.75) is 26.7 Å². The van der Waals surface area contributed by atoms with Crippen LogP contribution < -0.4 is 4.90 Å². The topological polar surface area (TPSA) is 60.9 Å². The van der Waals surface area contributed by atoms with Gasteiger partial charge in [0.2, 0.25) is 17.7 Å². The first-order valence-corrected chi connectivity index (χ1v) is 9.85. The van der Waals surface area contributed by atoms with E-state index in [1.165, 1.54) is 0 Å². The van der Waals surface area contributed by atoms with Crippen LogP contribution in [0.25, 0.3) is 0 Å². The SMILES string of the molecule is CC(C)CC(=O)N1CCN(C(=O)[C@H]2CC(=O)N(c3cccc(Cl)c3)C2)CC1. The number of carbonyl (C=O) groups excluding carboxylic acids is 3. The maximum atomic E-state index is 12.9. The Balaban J connectivity index is 1.56. The van der Waals surface area contributed by atoms with Gasteiger partial charge in [-0.15, -0.1) is 0 Å². The molecule has 0 bridgehead atoms. The van der Waals surface area contributed by atoms with Gasteiger partial charge in [0, 0.05) is 56.3 Å². The van der Waals surface area contributed by atoms with E-state index in [9.17, 15) is 14.4 Å². The van der Waals surface area contributed by atoms with Crippen molar-refractivity contribution in [3.63, 3.8) is 0 Å². The summed E-state index contributed by atoms with van der Waals surface area (Å²) in [6.07, 6.45) is 0.761. The summed E-state index contributed by atoms with van der Waals surface area (Å²) in [5.41, 5.74) is 0.729. The molecule has 1 aromatic rings. The molecular formula is C20H26ClN3O3. The van der Waals surface area contributed by atoms with Crippen molar-refractivity contribution in [3.05, 3.63) is 29.3 Å². The molecule has 0 saturated carbocycles. The quantitative estimate of drug-likeness (QED) is 0.791. The van der Waals surface area contributed by atoms with E-state index in [1.807, 2.05) is 24.8 Å². The van der Waals surface area contributed by atoms with Crippen molar-refractivity contribution in [3.8, 4) is 0 Å². The number of benzene rings is 1. The summed E-state index contributed by atoms with van der Waals surface area (Å²) in [7, 11) is 0. The highest BCUT2D eigenvalue weighted by molar-refractivity contribution is 6.31. The number of anilines is 1. The standard InChI is InChI=1S/C20H26ClN3O3/c1-14(2)10-18(25)22-6-8-23(9-7-22)20(27)15-11-19(26)24(13-15)17-5-3-4-16(21)12-17/h3-5,12,14-15H,6-11,13H2,1-2H3/t15-/m0/s1. The number of amides is 3. The molecule has 2 saturated heterocycles. The highest BCUT2D eigenvalue weighted by Crippen LogP contribution is 2.28. The third kappa shape index (κ3) is 4.61. The molecule has 1 aromatic carbocycles. The second-order valence-corrected chi connectivity index (χ2v) is 8.13. The molecule has 0 N–H and O–H groups in total. The average Bonchev–Trinajstić information content (AvgIpc) is 3.02. The highest BCUT2D eigenvalue weighted by Gasteiger charge is 2.38. The van der Waals surface area contributed by atoms with Gasteiger partial charge in [0.15, 0.2) is 0 Å². The maximum Gasteiger partial charge on any atom is 0.228 e. The fourth-order valence-electron chi connectivity index (χ4n) is 3.68. The highest BCUT2D eigenvalue weighted by atomic mass is 35.5. The van der Waals surface area contributed by atoms with E-state index in [0.29, 0.717) is 50.1 Å². The van der Waals surface area contributed by atoms with Crippen LogP contribution in [0.15, 0.2) is 24.3 Å². The van der Waals surface area contributed by atoms with Gasteiger partial charge in [0.25, 0.3) is 0 Å². The molecule has 7 heteroatoms. The van der Waals surface area contributed by atoms with E-state index < -0.39 is 0 Å². The van der Waals surface area contributed by atoms with Crippen LogP contribution in [0.4, 0.5) is 5.69 Å². The molecular weight excluding hydrogens is 366 g/mol. The van der Waals surface area contributed by atoms with E-state index >= 15 is 0 Å². The van der Waals surface area contributed by atoms with E-state index in [4.69, 9.17) is 11.6 Å². The van der Waals surface area contributed by atoms with E-state index in [2.05, 4.69) is 0 Å². The van der Waals surface area contributed by atoms with Gasteiger partial charge in [-0.1, -0.05) is 31.5 Å². The molecule has 3 rings (SSSR count). The van der Waals surface area contributed by atoms with Crippen LogP contribution in [-0.4, -0.2) is 60.2 Å². The van der Waals surface area contributed by atoms with Gasteiger partial charge >= 0.3 is 0 Å².